The molecule has 11 heteroatoms. The second kappa shape index (κ2) is 8.10. The maximum absolute atomic E-state index is 13.2. The predicted octanol–water partition coefficient (Wildman–Crippen LogP) is 3.10. The third-order valence-corrected chi connectivity index (χ3v) is 4.81. The fraction of sp³-hybridized carbons (Fsp3) is 0.158. The van der Waals surface area contributed by atoms with Crippen LogP contribution in [0.1, 0.15) is 5.69 Å². The summed E-state index contributed by atoms with van der Waals surface area (Å²) in [4.78, 5) is 8.44. The van der Waals surface area contributed by atoms with E-state index in [0.717, 1.165) is 0 Å². The molecule has 0 bridgehead atoms. The van der Waals surface area contributed by atoms with Crippen molar-refractivity contribution in [3.8, 4) is 28.7 Å². The van der Waals surface area contributed by atoms with E-state index in [1.807, 2.05) is 6.07 Å². The van der Waals surface area contributed by atoms with Gasteiger partial charge in [0.25, 0.3) is 6.43 Å². The molecule has 4 rings (SSSR count). The lowest BCUT2D eigenvalue weighted by Crippen LogP contribution is -2.09. The SMILES string of the molecule is C[S+]([O-])Nc1cccc(-c2ncn(CC(F)F)c2-c2ccc3ncc(C#N)n3n2)c1. The highest BCUT2D eigenvalue weighted by Crippen LogP contribution is 2.32. The summed E-state index contributed by atoms with van der Waals surface area (Å²) in [6, 6.07) is 12.3. The predicted molar refractivity (Wildman–Crippen MR) is 108 cm³/mol. The van der Waals surface area contributed by atoms with Crippen molar-refractivity contribution < 1.29 is 13.3 Å². The number of rotatable bonds is 6. The molecular formula is C19H15F2N7OS. The molecule has 1 unspecified atom stereocenters. The van der Waals surface area contributed by atoms with E-state index in [2.05, 4.69) is 19.8 Å². The number of nitriles is 1. The summed E-state index contributed by atoms with van der Waals surface area (Å²) < 4.78 is 43.3. The van der Waals surface area contributed by atoms with Crippen LogP contribution in [0.5, 0.6) is 0 Å². The second-order valence-electron chi connectivity index (χ2n) is 6.37. The molecule has 3 heterocycles. The number of alkyl halides is 2. The molecule has 30 heavy (non-hydrogen) atoms. The van der Waals surface area contributed by atoms with Crippen molar-refractivity contribution in [2.75, 3.05) is 11.0 Å². The first-order valence-electron chi connectivity index (χ1n) is 8.75. The number of fused-ring (bicyclic) bond motifs is 1. The monoisotopic (exact) mass is 427 g/mol. The minimum atomic E-state index is -2.59. The average Bonchev–Trinajstić information content (AvgIpc) is 3.30. The topological polar surface area (TPSA) is 107 Å². The van der Waals surface area contributed by atoms with E-state index in [1.54, 1.807) is 36.4 Å². The zero-order valence-electron chi connectivity index (χ0n) is 15.7. The standard InChI is InChI=1S/C19H15F2N7OS/c1-30(29)26-13-4-2-3-12(7-13)18-19(27(11-24-18)10-16(20)21)15-5-6-17-23-9-14(8-22)28(17)25-15/h2-7,9,11,16,26H,10H2,1H3. The molecule has 8 nitrogen and oxygen atoms in total. The Kier molecular flexibility index (Phi) is 5.35. The van der Waals surface area contributed by atoms with Crippen LogP contribution in [-0.2, 0) is 17.9 Å². The van der Waals surface area contributed by atoms with Gasteiger partial charge in [-0.05, 0) is 24.3 Å². The lowest BCUT2D eigenvalue weighted by Gasteiger charge is -2.11. The number of nitrogens with zero attached hydrogens (tertiary/aromatic N) is 6. The smallest absolute Gasteiger partial charge is 0.256 e. The van der Waals surface area contributed by atoms with Crippen molar-refractivity contribution in [3.63, 3.8) is 0 Å². The van der Waals surface area contributed by atoms with E-state index in [-0.39, 0.29) is 5.69 Å². The first-order valence-corrected chi connectivity index (χ1v) is 10.3. The molecule has 0 saturated heterocycles. The van der Waals surface area contributed by atoms with Crippen LogP contribution in [0.25, 0.3) is 28.3 Å². The van der Waals surface area contributed by atoms with Gasteiger partial charge >= 0.3 is 0 Å². The summed E-state index contributed by atoms with van der Waals surface area (Å²) in [5.41, 5.74) is 3.12. The van der Waals surface area contributed by atoms with E-state index >= 15 is 0 Å². The van der Waals surface area contributed by atoms with Gasteiger partial charge in [0.15, 0.2) is 11.3 Å². The molecule has 0 amide bonds. The highest BCUT2D eigenvalue weighted by atomic mass is 32.2. The van der Waals surface area contributed by atoms with Gasteiger partial charge in [0.2, 0.25) is 0 Å². The van der Waals surface area contributed by atoms with Crippen molar-refractivity contribution in [2.24, 2.45) is 0 Å². The molecule has 0 spiro atoms. The van der Waals surface area contributed by atoms with Crippen molar-refractivity contribution in [3.05, 3.63) is 54.6 Å². The van der Waals surface area contributed by atoms with E-state index in [1.165, 1.54) is 27.9 Å². The number of anilines is 1. The van der Waals surface area contributed by atoms with Gasteiger partial charge < -0.3 is 9.12 Å². The van der Waals surface area contributed by atoms with E-state index in [0.29, 0.717) is 34.0 Å². The lowest BCUT2D eigenvalue weighted by molar-refractivity contribution is 0.127. The maximum atomic E-state index is 13.2. The quantitative estimate of drug-likeness (QED) is 0.474. The van der Waals surface area contributed by atoms with Gasteiger partial charge in [-0.3, -0.25) is 0 Å². The second-order valence-corrected chi connectivity index (χ2v) is 7.48. The molecule has 0 fully saturated rings. The third-order valence-electron chi connectivity index (χ3n) is 4.29. The van der Waals surface area contributed by atoms with Gasteiger partial charge in [-0.15, -0.1) is 0 Å². The Morgan fingerprint density at radius 2 is 2.10 bits per heavy atom. The Balaban J connectivity index is 1.88. The molecule has 152 valence electrons. The molecule has 3 aromatic heterocycles. The molecule has 0 saturated carbocycles. The Labute approximate surface area is 173 Å². The van der Waals surface area contributed by atoms with Crippen LogP contribution in [0.15, 0.2) is 48.9 Å². The molecule has 0 aliphatic carbocycles. The largest absolute Gasteiger partial charge is 0.593 e. The van der Waals surface area contributed by atoms with Crippen LogP contribution < -0.4 is 4.72 Å². The van der Waals surface area contributed by atoms with E-state index in [4.69, 9.17) is 0 Å². The van der Waals surface area contributed by atoms with Crippen molar-refractivity contribution in [2.45, 2.75) is 13.0 Å². The number of aromatic nitrogens is 5. The summed E-state index contributed by atoms with van der Waals surface area (Å²) in [5.74, 6) is 0. The Bertz CT molecular complexity index is 1250. The Hall–Kier alpha value is -3.49. The number of hydrogen-bond acceptors (Lipinski definition) is 6. The molecule has 0 radical (unpaired) electrons. The first kappa shape index (κ1) is 19.8. The first-order chi connectivity index (χ1) is 14.5. The van der Waals surface area contributed by atoms with Crippen LogP contribution in [0.3, 0.4) is 0 Å². The Morgan fingerprint density at radius 1 is 1.27 bits per heavy atom. The summed E-state index contributed by atoms with van der Waals surface area (Å²) >= 11 is -1.27. The molecule has 1 aromatic carbocycles. The summed E-state index contributed by atoms with van der Waals surface area (Å²) in [6.07, 6.45) is 1.64. The molecule has 4 aromatic rings. The highest BCUT2D eigenvalue weighted by molar-refractivity contribution is 7.92. The zero-order valence-corrected chi connectivity index (χ0v) is 16.5. The van der Waals surface area contributed by atoms with Gasteiger partial charge in [-0.2, -0.15) is 10.4 Å². The fourth-order valence-corrected chi connectivity index (χ4v) is 3.58. The molecule has 0 aliphatic heterocycles. The fourth-order valence-electron chi connectivity index (χ4n) is 3.12. The van der Waals surface area contributed by atoms with E-state index < -0.39 is 24.3 Å². The average molecular weight is 427 g/mol. The van der Waals surface area contributed by atoms with Gasteiger partial charge in [0, 0.05) is 5.56 Å². The summed E-state index contributed by atoms with van der Waals surface area (Å²) in [7, 11) is 0. The van der Waals surface area contributed by atoms with Gasteiger partial charge in [0.05, 0.1) is 47.5 Å². The number of imidazole rings is 2. The maximum Gasteiger partial charge on any atom is 0.256 e. The van der Waals surface area contributed by atoms with Gasteiger partial charge in [0.1, 0.15) is 18.0 Å². The zero-order chi connectivity index (χ0) is 21.3. The molecule has 1 N–H and O–H groups in total. The number of nitrogens with one attached hydrogen (secondary N) is 1. The van der Waals surface area contributed by atoms with Crippen LogP contribution in [-0.4, -0.2) is 41.4 Å². The number of benzene rings is 1. The van der Waals surface area contributed by atoms with Crippen LogP contribution in [0, 0.1) is 11.3 Å². The van der Waals surface area contributed by atoms with Gasteiger partial charge in [-0.25, -0.2) is 28.0 Å². The van der Waals surface area contributed by atoms with Crippen molar-refractivity contribution in [1.82, 2.24) is 24.1 Å². The Morgan fingerprint density at radius 3 is 2.83 bits per heavy atom. The third kappa shape index (κ3) is 3.83. The van der Waals surface area contributed by atoms with Gasteiger partial charge in [-0.1, -0.05) is 12.1 Å². The lowest BCUT2D eigenvalue weighted by atomic mass is 10.1. The van der Waals surface area contributed by atoms with Crippen LogP contribution >= 0.6 is 0 Å². The van der Waals surface area contributed by atoms with Crippen molar-refractivity contribution in [1.29, 1.82) is 5.26 Å². The summed E-state index contributed by atoms with van der Waals surface area (Å²) in [6.45, 7) is -0.562. The van der Waals surface area contributed by atoms with Crippen molar-refractivity contribution >= 4 is 22.7 Å². The van der Waals surface area contributed by atoms with Crippen LogP contribution in [0.2, 0.25) is 0 Å². The van der Waals surface area contributed by atoms with E-state index in [9.17, 15) is 18.6 Å². The van der Waals surface area contributed by atoms with Crippen LogP contribution in [0.4, 0.5) is 14.5 Å². The normalized spacial score (nSPS) is 12.3. The highest BCUT2D eigenvalue weighted by Gasteiger charge is 2.20. The summed E-state index contributed by atoms with van der Waals surface area (Å²) in [5, 5.41) is 13.7. The number of halogens is 2. The number of hydrogen-bond donors (Lipinski definition) is 1. The molecular weight excluding hydrogens is 412 g/mol. The molecule has 0 aliphatic rings. The molecule has 1 atom stereocenters. The minimum Gasteiger partial charge on any atom is -0.593 e. The minimum absolute atomic E-state index is 0.227.